The molecule has 2 aromatic rings. The molecule has 1 aromatic heterocycles. The number of aromatic nitrogens is 1. The highest BCUT2D eigenvalue weighted by Crippen LogP contribution is 2.17. The Morgan fingerprint density at radius 3 is 3.00 bits per heavy atom. The van der Waals surface area contributed by atoms with E-state index in [1.807, 2.05) is 18.2 Å². The molecule has 0 aliphatic rings. The number of ether oxygens (including phenoxy) is 1. The van der Waals surface area contributed by atoms with Crippen molar-refractivity contribution in [3.8, 4) is 0 Å². The second-order valence-electron chi connectivity index (χ2n) is 3.36. The fraction of sp³-hybridized carbons (Fsp3) is 0.167. The zero-order valence-electron chi connectivity index (χ0n) is 9.34. The Labute approximate surface area is 103 Å². The molecule has 0 unspecified atom stereocenters. The number of methoxy groups -OCH3 is 1. The molecule has 17 heavy (non-hydrogen) atoms. The number of carbonyl (C=O) groups excluding carboxylic acids is 1. The average molecular weight is 248 g/mol. The number of hydrogen-bond donors (Lipinski definition) is 1. The minimum absolute atomic E-state index is 0.336. The summed E-state index contributed by atoms with van der Waals surface area (Å²) in [4.78, 5) is 16.6. The first-order valence-electron chi connectivity index (χ1n) is 5.10. The molecule has 1 N–H and O–H groups in total. The van der Waals surface area contributed by atoms with Crippen LogP contribution in [0.3, 0.4) is 0 Å². The summed E-state index contributed by atoms with van der Waals surface area (Å²) >= 11 is 1.57. The van der Waals surface area contributed by atoms with E-state index in [4.69, 9.17) is 4.74 Å². The molecule has 4 nitrogen and oxygen atoms in total. The van der Waals surface area contributed by atoms with Crippen molar-refractivity contribution in [2.75, 3.05) is 12.4 Å². The third kappa shape index (κ3) is 2.82. The van der Waals surface area contributed by atoms with Gasteiger partial charge in [-0.15, -0.1) is 11.3 Å². The summed E-state index contributed by atoms with van der Waals surface area (Å²) in [5.74, 6) is -0.336. The second-order valence-corrected chi connectivity index (χ2v) is 4.33. The van der Waals surface area contributed by atoms with Gasteiger partial charge in [0.15, 0.2) is 0 Å². The van der Waals surface area contributed by atoms with Crippen molar-refractivity contribution in [2.45, 2.75) is 6.54 Å². The average Bonchev–Trinajstić information content (AvgIpc) is 2.89. The number of rotatable bonds is 4. The summed E-state index contributed by atoms with van der Waals surface area (Å²) in [6.07, 6.45) is 1.80. The van der Waals surface area contributed by atoms with E-state index in [0.29, 0.717) is 12.1 Å². The van der Waals surface area contributed by atoms with Crippen LogP contribution >= 0.6 is 11.3 Å². The SMILES string of the molecule is COC(=O)c1ccccc1NCc1cncs1. The molecule has 0 aliphatic heterocycles. The summed E-state index contributed by atoms with van der Waals surface area (Å²) in [6, 6.07) is 7.28. The molecular weight excluding hydrogens is 236 g/mol. The van der Waals surface area contributed by atoms with Gasteiger partial charge in [-0.05, 0) is 12.1 Å². The van der Waals surface area contributed by atoms with E-state index in [1.54, 1.807) is 29.1 Å². The van der Waals surface area contributed by atoms with Crippen LogP contribution in [0.25, 0.3) is 0 Å². The van der Waals surface area contributed by atoms with Crippen LogP contribution in [0.5, 0.6) is 0 Å². The number of anilines is 1. The van der Waals surface area contributed by atoms with Crippen LogP contribution in [0.2, 0.25) is 0 Å². The van der Waals surface area contributed by atoms with Gasteiger partial charge in [-0.25, -0.2) is 4.79 Å². The minimum atomic E-state index is -0.336. The van der Waals surface area contributed by atoms with E-state index in [9.17, 15) is 4.79 Å². The fourth-order valence-corrected chi connectivity index (χ4v) is 1.97. The molecule has 0 spiro atoms. The van der Waals surface area contributed by atoms with Gasteiger partial charge in [-0.3, -0.25) is 4.98 Å². The normalized spacial score (nSPS) is 9.94. The highest BCUT2D eigenvalue weighted by Gasteiger charge is 2.10. The van der Waals surface area contributed by atoms with Gasteiger partial charge in [0.25, 0.3) is 0 Å². The number of carbonyl (C=O) groups is 1. The van der Waals surface area contributed by atoms with Crippen molar-refractivity contribution in [1.29, 1.82) is 0 Å². The Bertz CT molecular complexity index is 497. The van der Waals surface area contributed by atoms with Gasteiger partial charge in [-0.1, -0.05) is 12.1 Å². The molecule has 5 heteroatoms. The van der Waals surface area contributed by atoms with Crippen LogP contribution in [0.4, 0.5) is 5.69 Å². The molecule has 0 saturated heterocycles. The number of benzene rings is 1. The Hall–Kier alpha value is -1.88. The van der Waals surface area contributed by atoms with E-state index >= 15 is 0 Å². The summed E-state index contributed by atoms with van der Waals surface area (Å²) in [7, 11) is 1.38. The summed E-state index contributed by atoms with van der Waals surface area (Å²) in [5.41, 5.74) is 3.09. The predicted octanol–water partition coefficient (Wildman–Crippen LogP) is 2.54. The van der Waals surface area contributed by atoms with Gasteiger partial charge in [-0.2, -0.15) is 0 Å². The smallest absolute Gasteiger partial charge is 0.339 e. The molecule has 0 amide bonds. The van der Waals surface area contributed by atoms with Crippen LogP contribution in [0.15, 0.2) is 36.0 Å². The van der Waals surface area contributed by atoms with Gasteiger partial charge in [0.05, 0.1) is 24.7 Å². The molecule has 0 atom stereocenters. The molecule has 0 aliphatic carbocycles. The van der Waals surface area contributed by atoms with Crippen LogP contribution in [-0.2, 0) is 11.3 Å². The molecule has 1 aromatic carbocycles. The Balaban J connectivity index is 2.12. The number of hydrogen-bond acceptors (Lipinski definition) is 5. The van der Waals surface area contributed by atoms with E-state index in [2.05, 4.69) is 10.3 Å². The summed E-state index contributed by atoms with van der Waals surface area (Å²) < 4.78 is 4.73. The quantitative estimate of drug-likeness (QED) is 0.845. The topological polar surface area (TPSA) is 51.2 Å². The number of para-hydroxylation sites is 1. The standard InChI is InChI=1S/C12H12N2O2S/c1-16-12(15)10-4-2-3-5-11(10)14-7-9-6-13-8-17-9/h2-6,8,14H,7H2,1H3. The van der Waals surface area contributed by atoms with Crippen molar-refractivity contribution < 1.29 is 9.53 Å². The first-order chi connectivity index (χ1) is 8.31. The van der Waals surface area contributed by atoms with E-state index in [-0.39, 0.29) is 5.97 Å². The third-order valence-corrected chi connectivity index (χ3v) is 3.05. The van der Waals surface area contributed by atoms with Crippen molar-refractivity contribution in [2.24, 2.45) is 0 Å². The molecule has 0 fully saturated rings. The number of thiazole rings is 1. The lowest BCUT2D eigenvalue weighted by molar-refractivity contribution is 0.0602. The molecule has 1 heterocycles. The molecule has 0 radical (unpaired) electrons. The lowest BCUT2D eigenvalue weighted by atomic mass is 10.2. The summed E-state index contributed by atoms with van der Waals surface area (Å²) in [6.45, 7) is 0.651. The minimum Gasteiger partial charge on any atom is -0.465 e. The van der Waals surface area contributed by atoms with E-state index < -0.39 is 0 Å². The van der Waals surface area contributed by atoms with Gasteiger partial charge in [0, 0.05) is 16.8 Å². The molecule has 88 valence electrons. The maximum Gasteiger partial charge on any atom is 0.339 e. The maximum atomic E-state index is 11.5. The van der Waals surface area contributed by atoms with Gasteiger partial charge in [0.2, 0.25) is 0 Å². The highest BCUT2D eigenvalue weighted by atomic mass is 32.1. The maximum absolute atomic E-state index is 11.5. The first-order valence-corrected chi connectivity index (χ1v) is 5.98. The predicted molar refractivity (Wildman–Crippen MR) is 67.2 cm³/mol. The molecule has 2 rings (SSSR count). The number of nitrogens with zero attached hydrogens (tertiary/aromatic N) is 1. The zero-order chi connectivity index (χ0) is 12.1. The van der Waals surface area contributed by atoms with Crippen molar-refractivity contribution in [3.63, 3.8) is 0 Å². The van der Waals surface area contributed by atoms with Crippen LogP contribution in [0, 0.1) is 0 Å². The lowest BCUT2D eigenvalue weighted by Gasteiger charge is -2.09. The first kappa shape index (κ1) is 11.6. The lowest BCUT2D eigenvalue weighted by Crippen LogP contribution is -2.07. The number of nitrogens with one attached hydrogen (secondary N) is 1. The largest absolute Gasteiger partial charge is 0.465 e. The summed E-state index contributed by atoms with van der Waals surface area (Å²) in [5, 5.41) is 3.20. The third-order valence-electron chi connectivity index (χ3n) is 2.27. The molecular formula is C12H12N2O2S. The molecule has 0 bridgehead atoms. The van der Waals surface area contributed by atoms with Crippen LogP contribution in [0.1, 0.15) is 15.2 Å². The second kappa shape index (κ2) is 5.45. The van der Waals surface area contributed by atoms with Gasteiger partial charge < -0.3 is 10.1 Å². The highest BCUT2D eigenvalue weighted by molar-refractivity contribution is 7.09. The van der Waals surface area contributed by atoms with Gasteiger partial charge in [0.1, 0.15) is 0 Å². The van der Waals surface area contributed by atoms with Crippen LogP contribution in [-0.4, -0.2) is 18.1 Å². The number of esters is 1. The molecule has 0 saturated carbocycles. The fourth-order valence-electron chi connectivity index (χ4n) is 1.44. The zero-order valence-corrected chi connectivity index (χ0v) is 10.2. The van der Waals surface area contributed by atoms with E-state index in [1.165, 1.54) is 7.11 Å². The van der Waals surface area contributed by atoms with Crippen molar-refractivity contribution in [3.05, 3.63) is 46.4 Å². The van der Waals surface area contributed by atoms with Crippen LogP contribution < -0.4 is 5.32 Å². The Morgan fingerprint density at radius 1 is 1.47 bits per heavy atom. The van der Waals surface area contributed by atoms with Crippen molar-refractivity contribution >= 4 is 23.0 Å². The monoisotopic (exact) mass is 248 g/mol. The Kier molecular flexibility index (Phi) is 3.72. The van der Waals surface area contributed by atoms with Gasteiger partial charge >= 0.3 is 5.97 Å². The van der Waals surface area contributed by atoms with E-state index in [0.717, 1.165) is 10.6 Å². The van der Waals surface area contributed by atoms with Crippen molar-refractivity contribution in [1.82, 2.24) is 4.98 Å². The Morgan fingerprint density at radius 2 is 2.29 bits per heavy atom.